The van der Waals surface area contributed by atoms with Gasteiger partial charge in [0.25, 0.3) is 0 Å². The third kappa shape index (κ3) is 3.73. The van der Waals surface area contributed by atoms with Crippen LogP contribution in [0.4, 0.5) is 0 Å². The van der Waals surface area contributed by atoms with Crippen molar-refractivity contribution in [3.05, 3.63) is 60.2 Å². The summed E-state index contributed by atoms with van der Waals surface area (Å²) in [6.45, 7) is 2.54. The number of benzene rings is 2. The van der Waals surface area contributed by atoms with E-state index in [1.807, 2.05) is 61.5 Å². The molecule has 0 aliphatic rings. The van der Waals surface area contributed by atoms with Crippen molar-refractivity contribution >= 4 is 0 Å². The van der Waals surface area contributed by atoms with E-state index in [9.17, 15) is 0 Å². The monoisotopic (exact) mass is 258 g/mol. The molecule has 100 valence electrons. The molecule has 0 fully saturated rings. The first-order valence-electron chi connectivity index (χ1n) is 6.30. The summed E-state index contributed by atoms with van der Waals surface area (Å²) < 4.78 is 16.7. The minimum atomic E-state index is -0.404. The standard InChI is InChI=1S/C16H18O3/c1-3-18-16(13-8-5-4-6-9-13)19-15-11-7-10-14(12-15)17-2/h4-12,16H,3H2,1-2H3. The van der Waals surface area contributed by atoms with Gasteiger partial charge in [0.05, 0.1) is 7.11 Å². The van der Waals surface area contributed by atoms with Crippen LogP contribution < -0.4 is 9.47 Å². The predicted molar refractivity (Wildman–Crippen MR) is 74.4 cm³/mol. The van der Waals surface area contributed by atoms with Gasteiger partial charge < -0.3 is 14.2 Å². The highest BCUT2D eigenvalue weighted by molar-refractivity contribution is 5.33. The van der Waals surface area contributed by atoms with Gasteiger partial charge in [-0.1, -0.05) is 36.4 Å². The molecule has 0 saturated heterocycles. The number of rotatable bonds is 6. The summed E-state index contributed by atoms with van der Waals surface area (Å²) in [7, 11) is 1.64. The molecule has 1 unspecified atom stereocenters. The molecule has 0 N–H and O–H groups in total. The van der Waals surface area contributed by atoms with Crippen molar-refractivity contribution in [3.8, 4) is 11.5 Å². The van der Waals surface area contributed by atoms with Crippen LogP contribution >= 0.6 is 0 Å². The largest absolute Gasteiger partial charge is 0.497 e. The number of ether oxygens (including phenoxy) is 3. The topological polar surface area (TPSA) is 27.7 Å². The Labute approximate surface area is 113 Å². The molecular weight excluding hydrogens is 240 g/mol. The average Bonchev–Trinajstić information content (AvgIpc) is 2.48. The molecule has 0 aliphatic carbocycles. The van der Waals surface area contributed by atoms with Crippen molar-refractivity contribution < 1.29 is 14.2 Å². The molecule has 0 bridgehead atoms. The molecule has 19 heavy (non-hydrogen) atoms. The Morgan fingerprint density at radius 1 is 0.947 bits per heavy atom. The highest BCUT2D eigenvalue weighted by Gasteiger charge is 2.13. The fourth-order valence-electron chi connectivity index (χ4n) is 1.76. The molecule has 2 aromatic rings. The maximum Gasteiger partial charge on any atom is 0.226 e. The zero-order valence-corrected chi connectivity index (χ0v) is 11.2. The molecule has 0 saturated carbocycles. The minimum absolute atomic E-state index is 0.404. The van der Waals surface area contributed by atoms with E-state index in [2.05, 4.69) is 0 Å². The lowest BCUT2D eigenvalue weighted by molar-refractivity contribution is -0.0787. The molecule has 1 atom stereocenters. The normalized spacial score (nSPS) is 11.9. The third-order valence-corrected chi connectivity index (χ3v) is 2.67. The second-order valence-corrected chi connectivity index (χ2v) is 3.99. The van der Waals surface area contributed by atoms with E-state index in [0.29, 0.717) is 6.61 Å². The maximum absolute atomic E-state index is 5.88. The summed E-state index contributed by atoms with van der Waals surface area (Å²) in [6.07, 6.45) is -0.404. The Bertz CT molecular complexity index is 496. The minimum Gasteiger partial charge on any atom is -0.497 e. The van der Waals surface area contributed by atoms with Gasteiger partial charge in [-0.15, -0.1) is 0 Å². The fraction of sp³-hybridized carbons (Fsp3) is 0.250. The third-order valence-electron chi connectivity index (χ3n) is 2.67. The van der Waals surface area contributed by atoms with Crippen molar-refractivity contribution in [3.63, 3.8) is 0 Å². The molecule has 0 aromatic heterocycles. The molecule has 3 nitrogen and oxygen atoms in total. The first-order chi connectivity index (χ1) is 9.33. The molecule has 0 spiro atoms. The Balaban J connectivity index is 2.16. The second kappa shape index (κ2) is 6.81. The molecule has 0 amide bonds. The molecule has 2 rings (SSSR count). The zero-order valence-electron chi connectivity index (χ0n) is 11.2. The van der Waals surface area contributed by atoms with Gasteiger partial charge in [0.2, 0.25) is 6.29 Å². The first-order valence-corrected chi connectivity index (χ1v) is 6.30. The Kier molecular flexibility index (Phi) is 4.81. The number of hydrogen-bond acceptors (Lipinski definition) is 3. The van der Waals surface area contributed by atoms with Crippen molar-refractivity contribution in [1.29, 1.82) is 0 Å². The summed E-state index contributed by atoms with van der Waals surface area (Å²) in [5, 5.41) is 0. The van der Waals surface area contributed by atoms with Gasteiger partial charge in [-0.05, 0) is 19.1 Å². The lowest BCUT2D eigenvalue weighted by atomic mass is 10.2. The van der Waals surface area contributed by atoms with Crippen LogP contribution in [0.15, 0.2) is 54.6 Å². The van der Waals surface area contributed by atoms with Gasteiger partial charge in [0, 0.05) is 18.2 Å². The van der Waals surface area contributed by atoms with Gasteiger partial charge in [0.1, 0.15) is 11.5 Å². The second-order valence-electron chi connectivity index (χ2n) is 3.99. The highest BCUT2D eigenvalue weighted by Crippen LogP contribution is 2.26. The van der Waals surface area contributed by atoms with Crippen LogP contribution in [0.1, 0.15) is 18.8 Å². The first kappa shape index (κ1) is 13.4. The summed E-state index contributed by atoms with van der Waals surface area (Å²) in [5.74, 6) is 1.49. The Hall–Kier alpha value is -2.00. The lowest BCUT2D eigenvalue weighted by Crippen LogP contribution is -2.11. The summed E-state index contributed by atoms with van der Waals surface area (Å²) in [6, 6.07) is 17.4. The number of methoxy groups -OCH3 is 1. The van der Waals surface area contributed by atoms with Crippen molar-refractivity contribution in [2.45, 2.75) is 13.2 Å². The zero-order chi connectivity index (χ0) is 13.5. The van der Waals surface area contributed by atoms with Gasteiger partial charge in [-0.25, -0.2) is 0 Å². The lowest BCUT2D eigenvalue weighted by Gasteiger charge is -2.19. The quantitative estimate of drug-likeness (QED) is 0.737. The van der Waals surface area contributed by atoms with Gasteiger partial charge in [0.15, 0.2) is 0 Å². The van der Waals surface area contributed by atoms with E-state index in [1.54, 1.807) is 7.11 Å². The molecule has 0 radical (unpaired) electrons. The summed E-state index contributed by atoms with van der Waals surface area (Å²) >= 11 is 0. The van der Waals surface area contributed by atoms with E-state index in [0.717, 1.165) is 17.1 Å². The van der Waals surface area contributed by atoms with Crippen LogP contribution in [0, 0.1) is 0 Å². The number of hydrogen-bond donors (Lipinski definition) is 0. The van der Waals surface area contributed by atoms with Crippen LogP contribution in [0.5, 0.6) is 11.5 Å². The average molecular weight is 258 g/mol. The van der Waals surface area contributed by atoms with Gasteiger partial charge in [-0.3, -0.25) is 0 Å². The van der Waals surface area contributed by atoms with E-state index in [1.165, 1.54) is 0 Å². The van der Waals surface area contributed by atoms with Gasteiger partial charge in [-0.2, -0.15) is 0 Å². The van der Waals surface area contributed by atoms with E-state index in [4.69, 9.17) is 14.2 Å². The predicted octanol–water partition coefficient (Wildman–Crippen LogP) is 3.81. The summed E-state index contributed by atoms with van der Waals surface area (Å²) in [4.78, 5) is 0. The van der Waals surface area contributed by atoms with Crippen LogP contribution in [0.3, 0.4) is 0 Å². The molecular formula is C16H18O3. The SMILES string of the molecule is CCOC(Oc1cccc(OC)c1)c1ccccc1. The maximum atomic E-state index is 5.88. The Morgan fingerprint density at radius 2 is 1.68 bits per heavy atom. The van der Waals surface area contributed by atoms with Crippen molar-refractivity contribution in [2.75, 3.05) is 13.7 Å². The van der Waals surface area contributed by atoms with E-state index < -0.39 is 6.29 Å². The van der Waals surface area contributed by atoms with Crippen LogP contribution in [-0.2, 0) is 4.74 Å². The molecule has 0 heterocycles. The van der Waals surface area contributed by atoms with Crippen LogP contribution in [0.25, 0.3) is 0 Å². The van der Waals surface area contributed by atoms with Crippen molar-refractivity contribution in [2.24, 2.45) is 0 Å². The van der Waals surface area contributed by atoms with E-state index >= 15 is 0 Å². The van der Waals surface area contributed by atoms with Gasteiger partial charge >= 0.3 is 0 Å². The Morgan fingerprint density at radius 3 is 2.37 bits per heavy atom. The van der Waals surface area contributed by atoms with Crippen LogP contribution in [0.2, 0.25) is 0 Å². The van der Waals surface area contributed by atoms with Crippen LogP contribution in [-0.4, -0.2) is 13.7 Å². The highest BCUT2D eigenvalue weighted by atomic mass is 16.7. The molecule has 0 aliphatic heterocycles. The fourth-order valence-corrected chi connectivity index (χ4v) is 1.76. The smallest absolute Gasteiger partial charge is 0.226 e. The van der Waals surface area contributed by atoms with E-state index in [-0.39, 0.29) is 0 Å². The molecule has 2 aromatic carbocycles. The molecule has 3 heteroatoms. The summed E-state index contributed by atoms with van der Waals surface area (Å²) in [5.41, 5.74) is 0.993. The van der Waals surface area contributed by atoms with Crippen molar-refractivity contribution in [1.82, 2.24) is 0 Å².